The molecule has 0 fully saturated rings. The largest absolute Gasteiger partial charge is 0.508 e. The lowest BCUT2D eigenvalue weighted by Gasteiger charge is -2.25. The Morgan fingerprint density at radius 2 is 1.79 bits per heavy atom. The number of nitrogens with one attached hydrogen (secondary N) is 1. The predicted molar refractivity (Wildman–Crippen MR) is 118 cm³/mol. The highest BCUT2D eigenvalue weighted by molar-refractivity contribution is 7.17. The van der Waals surface area contributed by atoms with Crippen LogP contribution in [-0.2, 0) is 17.6 Å². The van der Waals surface area contributed by atoms with E-state index in [2.05, 4.69) is 33.0 Å². The van der Waals surface area contributed by atoms with Gasteiger partial charge >= 0.3 is 5.97 Å². The fourth-order valence-corrected chi connectivity index (χ4v) is 4.66. The maximum absolute atomic E-state index is 12.8. The van der Waals surface area contributed by atoms with Crippen LogP contribution in [0.25, 0.3) is 0 Å². The van der Waals surface area contributed by atoms with Crippen LogP contribution in [0.4, 0.5) is 5.00 Å². The van der Waals surface area contributed by atoms with E-state index in [9.17, 15) is 14.7 Å². The Labute approximate surface area is 177 Å². The molecule has 1 aromatic heterocycles. The quantitative estimate of drug-likeness (QED) is 0.505. The van der Waals surface area contributed by atoms with Gasteiger partial charge in [-0.15, -0.1) is 11.3 Å². The molecule has 158 valence electrons. The molecule has 0 aliphatic heterocycles. The molecule has 0 radical (unpaired) electrons. The zero-order chi connectivity index (χ0) is 21.6. The maximum Gasteiger partial charge on any atom is 0.341 e. The third kappa shape index (κ3) is 5.82. The number of carbonyl (C=O) groups excluding carboxylic acids is 2. The van der Waals surface area contributed by atoms with E-state index in [1.165, 1.54) is 23.5 Å². The molecule has 0 aliphatic rings. The lowest BCUT2D eigenvalue weighted by atomic mass is 9.80. The number of ether oxygens (including phenoxy) is 1. The molecule has 1 heterocycles. The molecule has 2 aromatic rings. The van der Waals surface area contributed by atoms with Gasteiger partial charge in [0.15, 0.2) is 0 Å². The van der Waals surface area contributed by atoms with Gasteiger partial charge in [-0.05, 0) is 61.4 Å². The number of aromatic hydroxyl groups is 1. The Morgan fingerprint density at radius 3 is 2.34 bits per heavy atom. The van der Waals surface area contributed by atoms with E-state index in [1.807, 2.05) is 0 Å². The summed E-state index contributed by atoms with van der Waals surface area (Å²) < 4.78 is 5.33. The van der Waals surface area contributed by atoms with E-state index in [0.29, 0.717) is 16.1 Å². The Hall–Kier alpha value is -2.34. The summed E-state index contributed by atoms with van der Waals surface area (Å²) in [6, 6.07) is 6.03. The number of aryl methyl sites for hydroxylation is 1. The van der Waals surface area contributed by atoms with Gasteiger partial charge in [0.1, 0.15) is 10.8 Å². The molecule has 1 aromatic carbocycles. The van der Waals surface area contributed by atoms with E-state index in [1.54, 1.807) is 19.1 Å². The third-order valence-corrected chi connectivity index (χ3v) is 6.12. The van der Waals surface area contributed by atoms with Gasteiger partial charge in [-0.1, -0.05) is 34.1 Å². The molecular formula is C23H31NO4S. The first-order valence-corrected chi connectivity index (χ1v) is 11.0. The number of rotatable bonds is 9. The van der Waals surface area contributed by atoms with Crippen LogP contribution in [-0.4, -0.2) is 23.6 Å². The first-order chi connectivity index (χ1) is 13.7. The fraction of sp³-hybridized carbons (Fsp3) is 0.478. The van der Waals surface area contributed by atoms with Gasteiger partial charge in [0.25, 0.3) is 5.91 Å². The van der Waals surface area contributed by atoms with Crippen LogP contribution in [0.3, 0.4) is 0 Å². The van der Waals surface area contributed by atoms with Gasteiger partial charge < -0.3 is 15.2 Å². The van der Waals surface area contributed by atoms with Crippen LogP contribution in [0.1, 0.15) is 78.6 Å². The fourth-order valence-electron chi connectivity index (χ4n) is 3.52. The summed E-state index contributed by atoms with van der Waals surface area (Å²) in [5.41, 5.74) is 1.91. The number of amides is 1. The molecule has 2 rings (SSSR count). The highest BCUT2D eigenvalue weighted by atomic mass is 32.1. The Bertz CT molecular complexity index is 853. The van der Waals surface area contributed by atoms with Crippen LogP contribution in [0, 0.1) is 5.41 Å². The molecule has 6 heteroatoms. The highest BCUT2D eigenvalue weighted by Crippen LogP contribution is 2.39. The molecule has 2 N–H and O–H groups in total. The maximum atomic E-state index is 12.8. The molecule has 0 saturated heterocycles. The summed E-state index contributed by atoms with van der Waals surface area (Å²) in [7, 11) is 0. The molecule has 0 bridgehead atoms. The minimum atomic E-state index is -0.397. The highest BCUT2D eigenvalue weighted by Gasteiger charge is 2.29. The first kappa shape index (κ1) is 22.9. The van der Waals surface area contributed by atoms with Crippen molar-refractivity contribution in [3.63, 3.8) is 0 Å². The van der Waals surface area contributed by atoms with Gasteiger partial charge in [-0.3, -0.25) is 4.79 Å². The van der Waals surface area contributed by atoms with Crippen molar-refractivity contribution in [3.8, 4) is 5.75 Å². The summed E-state index contributed by atoms with van der Waals surface area (Å²) in [5.74, 6) is -0.621. The molecule has 0 atom stereocenters. The van der Waals surface area contributed by atoms with Crippen molar-refractivity contribution >= 4 is 28.2 Å². The van der Waals surface area contributed by atoms with Crippen molar-refractivity contribution in [1.29, 1.82) is 0 Å². The van der Waals surface area contributed by atoms with Gasteiger partial charge in [-0.2, -0.15) is 0 Å². The molecule has 0 spiro atoms. The van der Waals surface area contributed by atoms with E-state index in [4.69, 9.17) is 4.74 Å². The number of benzene rings is 1. The number of hydrogen-bond donors (Lipinski definition) is 2. The zero-order valence-electron chi connectivity index (χ0n) is 17.9. The number of thiophene rings is 1. The second-order valence-electron chi connectivity index (χ2n) is 7.87. The topological polar surface area (TPSA) is 75.6 Å². The Morgan fingerprint density at radius 1 is 1.14 bits per heavy atom. The van der Waals surface area contributed by atoms with Crippen molar-refractivity contribution in [2.45, 2.75) is 60.3 Å². The van der Waals surface area contributed by atoms with Crippen LogP contribution in [0.5, 0.6) is 5.75 Å². The number of phenols is 1. The summed E-state index contributed by atoms with van der Waals surface area (Å²) in [4.78, 5) is 26.6. The second-order valence-corrected chi connectivity index (χ2v) is 8.98. The number of esters is 1. The molecule has 0 unspecified atom stereocenters. The third-order valence-electron chi connectivity index (χ3n) is 4.83. The lowest BCUT2D eigenvalue weighted by molar-refractivity contribution is 0.0526. The Kier molecular flexibility index (Phi) is 7.85. The lowest BCUT2D eigenvalue weighted by Crippen LogP contribution is -2.19. The summed E-state index contributed by atoms with van der Waals surface area (Å²) >= 11 is 1.44. The van der Waals surface area contributed by atoms with E-state index < -0.39 is 5.97 Å². The number of hydrogen-bond acceptors (Lipinski definition) is 5. The SMILES string of the molecule is CCCC(C)(C)Cc1c(CC)sc(NC(=O)c2ccc(O)cc2)c1C(=O)OCC. The molecule has 29 heavy (non-hydrogen) atoms. The van der Waals surface area contributed by atoms with Gasteiger partial charge in [0.05, 0.1) is 12.2 Å². The molecule has 0 saturated carbocycles. The molecule has 5 nitrogen and oxygen atoms in total. The van der Waals surface area contributed by atoms with Gasteiger partial charge in [0, 0.05) is 10.4 Å². The average Bonchev–Trinajstić information content (AvgIpc) is 2.98. The van der Waals surface area contributed by atoms with E-state index >= 15 is 0 Å². The minimum Gasteiger partial charge on any atom is -0.508 e. The first-order valence-electron chi connectivity index (χ1n) is 10.1. The van der Waals surface area contributed by atoms with Crippen molar-refractivity contribution in [2.24, 2.45) is 5.41 Å². The van der Waals surface area contributed by atoms with Crippen LogP contribution < -0.4 is 5.32 Å². The smallest absolute Gasteiger partial charge is 0.341 e. The van der Waals surface area contributed by atoms with Crippen LogP contribution >= 0.6 is 11.3 Å². The standard InChI is InChI=1S/C23H31NO4S/c1-6-13-23(4,5)14-17-18(7-2)29-21(19(17)22(27)28-8-3)24-20(26)15-9-11-16(25)12-10-15/h9-12,25H,6-8,13-14H2,1-5H3,(H,24,26). The second kappa shape index (κ2) is 9.92. The molecule has 1 amide bonds. The summed E-state index contributed by atoms with van der Waals surface area (Å²) in [6.07, 6.45) is 3.65. The van der Waals surface area contributed by atoms with Crippen molar-refractivity contribution in [2.75, 3.05) is 11.9 Å². The van der Waals surface area contributed by atoms with Gasteiger partial charge in [-0.25, -0.2) is 4.79 Å². The van der Waals surface area contributed by atoms with Crippen LogP contribution in [0.2, 0.25) is 0 Å². The number of anilines is 1. The number of phenolic OH excluding ortho intramolecular Hbond substituents is 1. The minimum absolute atomic E-state index is 0.0409. The zero-order valence-corrected chi connectivity index (χ0v) is 18.7. The van der Waals surface area contributed by atoms with Crippen molar-refractivity contribution in [3.05, 3.63) is 45.8 Å². The van der Waals surface area contributed by atoms with Crippen molar-refractivity contribution in [1.82, 2.24) is 0 Å². The molecule has 0 aliphatic carbocycles. The van der Waals surface area contributed by atoms with E-state index in [0.717, 1.165) is 36.1 Å². The average molecular weight is 418 g/mol. The monoisotopic (exact) mass is 417 g/mol. The summed E-state index contributed by atoms with van der Waals surface area (Å²) in [5, 5.41) is 12.9. The van der Waals surface area contributed by atoms with Gasteiger partial charge in [0.2, 0.25) is 0 Å². The van der Waals surface area contributed by atoms with Crippen LogP contribution in [0.15, 0.2) is 24.3 Å². The molecular weight excluding hydrogens is 386 g/mol. The van der Waals surface area contributed by atoms with Crippen molar-refractivity contribution < 1.29 is 19.4 Å². The van der Waals surface area contributed by atoms with E-state index in [-0.39, 0.29) is 23.7 Å². The normalized spacial score (nSPS) is 11.3. The predicted octanol–water partition coefficient (Wildman–Crippen LogP) is 5.81. The number of carbonyl (C=O) groups is 2. The Balaban J connectivity index is 2.46. The summed E-state index contributed by atoms with van der Waals surface area (Å²) in [6.45, 7) is 10.7.